The molecule has 0 saturated heterocycles. The third kappa shape index (κ3) is 3.89. The van der Waals surface area contributed by atoms with Crippen LogP contribution in [-0.2, 0) is 4.74 Å². The number of pyridine rings is 1. The molecular formula is C21H24N4O3. The first-order chi connectivity index (χ1) is 13.4. The summed E-state index contributed by atoms with van der Waals surface area (Å²) in [5, 5.41) is 5.69. The zero-order chi connectivity index (χ0) is 20.3. The van der Waals surface area contributed by atoms with Crippen LogP contribution in [0.2, 0.25) is 0 Å². The number of amides is 2. The highest BCUT2D eigenvalue weighted by Crippen LogP contribution is 2.23. The van der Waals surface area contributed by atoms with Crippen LogP contribution < -0.4 is 10.6 Å². The Labute approximate surface area is 163 Å². The Morgan fingerprint density at radius 2 is 1.82 bits per heavy atom. The molecule has 7 heteroatoms. The van der Waals surface area contributed by atoms with E-state index in [0.29, 0.717) is 18.7 Å². The van der Waals surface area contributed by atoms with Gasteiger partial charge in [0.25, 0.3) is 11.8 Å². The van der Waals surface area contributed by atoms with E-state index in [0.717, 1.165) is 22.4 Å². The molecule has 0 aliphatic heterocycles. The average molecular weight is 380 g/mol. The van der Waals surface area contributed by atoms with Crippen molar-refractivity contribution in [3.8, 4) is 0 Å². The number of aromatic nitrogens is 2. The molecule has 0 fully saturated rings. The lowest BCUT2D eigenvalue weighted by Gasteiger charge is -2.12. The second-order valence-corrected chi connectivity index (χ2v) is 6.72. The molecule has 28 heavy (non-hydrogen) atoms. The summed E-state index contributed by atoms with van der Waals surface area (Å²) in [5.41, 5.74) is 4.62. The van der Waals surface area contributed by atoms with Crippen LogP contribution in [0.5, 0.6) is 0 Å². The van der Waals surface area contributed by atoms with Gasteiger partial charge in [-0.1, -0.05) is 23.8 Å². The number of rotatable bonds is 6. The Bertz CT molecular complexity index is 1020. The summed E-state index contributed by atoms with van der Waals surface area (Å²) in [6.07, 6.45) is 1.72. The summed E-state index contributed by atoms with van der Waals surface area (Å²) in [6, 6.07) is 9.39. The number of carbonyl (C=O) groups excluding carboxylic acids is 2. The topological polar surface area (TPSA) is 84.7 Å². The van der Waals surface area contributed by atoms with Crippen molar-refractivity contribution >= 4 is 23.0 Å². The van der Waals surface area contributed by atoms with Gasteiger partial charge in [-0.15, -0.1) is 0 Å². The number of carbonyl (C=O) groups is 2. The summed E-state index contributed by atoms with van der Waals surface area (Å²) in [4.78, 5) is 29.8. The fourth-order valence-electron chi connectivity index (χ4n) is 3.26. The minimum Gasteiger partial charge on any atom is -0.383 e. The molecule has 2 heterocycles. The van der Waals surface area contributed by atoms with Gasteiger partial charge in [-0.2, -0.15) is 0 Å². The fraction of sp³-hybridized carbons (Fsp3) is 0.286. The molecule has 0 atom stereocenters. The van der Waals surface area contributed by atoms with Crippen LogP contribution >= 0.6 is 0 Å². The second-order valence-electron chi connectivity index (χ2n) is 6.72. The number of nitrogens with zero attached hydrogens (tertiary/aromatic N) is 2. The van der Waals surface area contributed by atoms with Crippen molar-refractivity contribution in [2.24, 2.45) is 0 Å². The first-order valence-corrected chi connectivity index (χ1v) is 9.05. The molecule has 0 unspecified atom stereocenters. The number of benzene rings is 1. The number of anilines is 1. The number of methoxy groups -OCH3 is 1. The largest absolute Gasteiger partial charge is 0.383 e. The van der Waals surface area contributed by atoms with E-state index in [1.807, 2.05) is 32.9 Å². The minimum absolute atomic E-state index is 0.159. The van der Waals surface area contributed by atoms with E-state index in [2.05, 4.69) is 15.6 Å². The number of nitrogens with one attached hydrogen (secondary N) is 2. The van der Waals surface area contributed by atoms with E-state index in [-0.39, 0.29) is 23.3 Å². The zero-order valence-corrected chi connectivity index (χ0v) is 16.5. The molecule has 0 radical (unpaired) electrons. The van der Waals surface area contributed by atoms with Gasteiger partial charge in [-0.3, -0.25) is 14.0 Å². The summed E-state index contributed by atoms with van der Waals surface area (Å²) in [6.45, 7) is 6.69. The van der Waals surface area contributed by atoms with Crippen LogP contribution in [0.1, 0.15) is 37.8 Å². The number of imidazole rings is 1. The van der Waals surface area contributed by atoms with Gasteiger partial charge in [0.1, 0.15) is 0 Å². The van der Waals surface area contributed by atoms with Crippen molar-refractivity contribution < 1.29 is 14.3 Å². The predicted molar refractivity (Wildman–Crippen MR) is 108 cm³/mol. The molecular weight excluding hydrogens is 356 g/mol. The lowest BCUT2D eigenvalue weighted by Crippen LogP contribution is -2.27. The molecule has 0 saturated carbocycles. The Hall–Kier alpha value is -3.19. The maximum Gasteiger partial charge on any atom is 0.292 e. The number of hydrogen-bond donors (Lipinski definition) is 2. The number of ether oxygens (including phenoxy) is 1. The maximum absolute atomic E-state index is 13.0. The van der Waals surface area contributed by atoms with Gasteiger partial charge in [-0.25, -0.2) is 4.98 Å². The maximum atomic E-state index is 13.0. The van der Waals surface area contributed by atoms with Crippen LogP contribution in [-0.4, -0.2) is 41.5 Å². The predicted octanol–water partition coefficient (Wildman–Crippen LogP) is 2.89. The van der Waals surface area contributed by atoms with E-state index in [1.165, 1.54) is 0 Å². The molecule has 1 aromatic carbocycles. The van der Waals surface area contributed by atoms with Crippen molar-refractivity contribution in [3.63, 3.8) is 0 Å². The van der Waals surface area contributed by atoms with Crippen molar-refractivity contribution in [2.75, 3.05) is 25.6 Å². The first kappa shape index (κ1) is 19.6. The Kier molecular flexibility index (Phi) is 5.75. The first-order valence-electron chi connectivity index (χ1n) is 9.05. The third-order valence-electron chi connectivity index (χ3n) is 4.47. The van der Waals surface area contributed by atoms with Gasteiger partial charge in [-0.05, 0) is 44.0 Å². The van der Waals surface area contributed by atoms with E-state index in [4.69, 9.17) is 4.74 Å². The van der Waals surface area contributed by atoms with Crippen LogP contribution in [0.3, 0.4) is 0 Å². The Morgan fingerprint density at radius 1 is 1.11 bits per heavy atom. The molecule has 0 aliphatic carbocycles. The van der Waals surface area contributed by atoms with Gasteiger partial charge < -0.3 is 15.4 Å². The fourth-order valence-corrected chi connectivity index (χ4v) is 3.26. The molecule has 2 amide bonds. The average Bonchev–Trinajstić information content (AvgIpc) is 3.04. The van der Waals surface area contributed by atoms with E-state index in [1.54, 1.807) is 35.9 Å². The van der Waals surface area contributed by atoms with Crippen molar-refractivity contribution in [3.05, 3.63) is 64.7 Å². The molecule has 2 N–H and O–H groups in total. The lowest BCUT2D eigenvalue weighted by atomic mass is 10.1. The Morgan fingerprint density at radius 3 is 2.50 bits per heavy atom. The highest BCUT2D eigenvalue weighted by atomic mass is 16.5. The highest BCUT2D eigenvalue weighted by molar-refractivity contribution is 6.06. The van der Waals surface area contributed by atoms with Crippen LogP contribution in [0.15, 0.2) is 36.5 Å². The van der Waals surface area contributed by atoms with Gasteiger partial charge in [0.2, 0.25) is 5.82 Å². The number of hydrogen-bond acceptors (Lipinski definition) is 4. The summed E-state index contributed by atoms with van der Waals surface area (Å²) in [5.74, 6) is -0.554. The lowest BCUT2D eigenvalue weighted by molar-refractivity contribution is 0.0934. The molecule has 0 aliphatic rings. The van der Waals surface area contributed by atoms with Crippen molar-refractivity contribution in [1.82, 2.24) is 14.7 Å². The summed E-state index contributed by atoms with van der Waals surface area (Å²) >= 11 is 0. The molecule has 7 nitrogen and oxygen atoms in total. The van der Waals surface area contributed by atoms with Crippen LogP contribution in [0, 0.1) is 20.8 Å². The SMILES string of the molecule is COCCNC(=O)c1nc(C(=O)Nc2c(C)cc(C)cc2C)n2ccccc12. The summed E-state index contributed by atoms with van der Waals surface area (Å²) < 4.78 is 6.58. The van der Waals surface area contributed by atoms with Crippen LogP contribution in [0.4, 0.5) is 5.69 Å². The zero-order valence-electron chi connectivity index (χ0n) is 16.5. The molecule has 146 valence electrons. The van der Waals surface area contributed by atoms with E-state index < -0.39 is 0 Å². The molecule has 3 rings (SSSR count). The van der Waals surface area contributed by atoms with Gasteiger partial charge >= 0.3 is 0 Å². The van der Waals surface area contributed by atoms with E-state index in [9.17, 15) is 9.59 Å². The summed E-state index contributed by atoms with van der Waals surface area (Å²) in [7, 11) is 1.57. The van der Waals surface area contributed by atoms with Gasteiger partial charge in [0, 0.05) is 25.5 Å². The molecule has 0 spiro atoms. The normalized spacial score (nSPS) is 10.9. The van der Waals surface area contributed by atoms with Crippen LogP contribution in [0.25, 0.3) is 5.52 Å². The minimum atomic E-state index is -0.368. The Balaban J connectivity index is 1.95. The standard InChI is InChI=1S/C21H24N4O3/c1-13-11-14(2)17(15(3)12-13)24-21(27)19-23-18(20(26)22-8-10-28-4)16-7-5-6-9-25(16)19/h5-7,9,11-12H,8,10H2,1-4H3,(H,22,26)(H,24,27). The quantitative estimate of drug-likeness (QED) is 0.644. The number of aryl methyl sites for hydroxylation is 3. The molecule has 3 aromatic rings. The monoisotopic (exact) mass is 380 g/mol. The molecule has 0 bridgehead atoms. The van der Waals surface area contributed by atoms with Crippen molar-refractivity contribution in [2.45, 2.75) is 20.8 Å². The second kappa shape index (κ2) is 8.22. The van der Waals surface area contributed by atoms with Crippen molar-refractivity contribution in [1.29, 1.82) is 0 Å². The van der Waals surface area contributed by atoms with Gasteiger partial charge in [0.05, 0.1) is 12.1 Å². The molecule has 2 aromatic heterocycles. The number of fused-ring (bicyclic) bond motifs is 1. The van der Waals surface area contributed by atoms with Gasteiger partial charge in [0.15, 0.2) is 5.69 Å². The third-order valence-corrected chi connectivity index (χ3v) is 4.47. The smallest absolute Gasteiger partial charge is 0.292 e. The highest BCUT2D eigenvalue weighted by Gasteiger charge is 2.22. The van der Waals surface area contributed by atoms with E-state index >= 15 is 0 Å².